The van der Waals surface area contributed by atoms with Crippen LogP contribution in [0.15, 0.2) is 49.1 Å². The number of likely N-dealkylation sites (N-methyl/N-ethyl adjacent to an activating group) is 1. The molecule has 0 bridgehead atoms. The van der Waals surface area contributed by atoms with E-state index >= 15 is 0 Å². The number of fused-ring (bicyclic) bond motifs is 2. The lowest BCUT2D eigenvalue weighted by atomic mass is 10.0. The van der Waals surface area contributed by atoms with Gasteiger partial charge in [-0.1, -0.05) is 18.2 Å². The van der Waals surface area contributed by atoms with Crippen LogP contribution >= 0.6 is 0 Å². The third-order valence-electron chi connectivity index (χ3n) is 4.71. The molecule has 2 aromatic heterocycles. The van der Waals surface area contributed by atoms with Crippen molar-refractivity contribution in [1.29, 1.82) is 0 Å². The normalized spacial score (nSPS) is 18.1. The number of aromatic nitrogens is 3. The molecule has 0 saturated heterocycles. The Morgan fingerprint density at radius 3 is 3.09 bits per heavy atom. The minimum absolute atomic E-state index is 0.193. The number of ether oxygens (including phenoxy) is 1. The first-order chi connectivity index (χ1) is 11.2. The molecule has 0 spiro atoms. The van der Waals surface area contributed by atoms with Crippen molar-refractivity contribution in [3.05, 3.63) is 60.3 Å². The first-order valence-electron chi connectivity index (χ1n) is 7.93. The highest BCUT2D eigenvalue weighted by Crippen LogP contribution is 2.30. The van der Waals surface area contributed by atoms with Crippen LogP contribution in [0.2, 0.25) is 0 Å². The summed E-state index contributed by atoms with van der Waals surface area (Å²) in [5.41, 5.74) is 3.35. The summed E-state index contributed by atoms with van der Waals surface area (Å²) in [6.07, 6.45) is 8.61. The van der Waals surface area contributed by atoms with E-state index in [9.17, 15) is 0 Å². The fourth-order valence-corrected chi connectivity index (χ4v) is 3.17. The van der Waals surface area contributed by atoms with Gasteiger partial charge in [-0.25, -0.2) is 4.98 Å². The van der Waals surface area contributed by atoms with E-state index in [4.69, 9.17) is 4.74 Å². The predicted molar refractivity (Wildman–Crippen MR) is 88.5 cm³/mol. The zero-order chi connectivity index (χ0) is 15.8. The molecule has 0 radical (unpaired) electrons. The Labute approximate surface area is 135 Å². The Morgan fingerprint density at radius 2 is 2.22 bits per heavy atom. The first-order valence-corrected chi connectivity index (χ1v) is 7.93. The molecule has 118 valence electrons. The number of para-hydroxylation sites is 1. The smallest absolute Gasteiger partial charge is 0.155 e. The minimum Gasteiger partial charge on any atom is -0.488 e. The van der Waals surface area contributed by atoms with Gasteiger partial charge >= 0.3 is 0 Å². The number of nitrogens with zero attached hydrogens (tertiary/aromatic N) is 4. The van der Waals surface area contributed by atoms with Crippen LogP contribution in [0, 0.1) is 0 Å². The van der Waals surface area contributed by atoms with Crippen LogP contribution in [0.25, 0.3) is 5.65 Å². The number of hydrogen-bond donors (Lipinski definition) is 0. The van der Waals surface area contributed by atoms with Gasteiger partial charge in [-0.2, -0.15) is 0 Å². The molecule has 0 fully saturated rings. The van der Waals surface area contributed by atoms with E-state index in [-0.39, 0.29) is 6.10 Å². The van der Waals surface area contributed by atoms with Crippen molar-refractivity contribution in [2.45, 2.75) is 32.0 Å². The third kappa shape index (κ3) is 2.57. The van der Waals surface area contributed by atoms with Crippen LogP contribution in [-0.2, 0) is 13.0 Å². The fourth-order valence-electron chi connectivity index (χ4n) is 3.17. The molecule has 3 aromatic rings. The predicted octanol–water partition coefficient (Wildman–Crippen LogP) is 2.55. The molecule has 2 atom stereocenters. The second kappa shape index (κ2) is 5.66. The van der Waals surface area contributed by atoms with Gasteiger partial charge in [-0.05, 0) is 25.6 Å². The maximum absolute atomic E-state index is 6.12. The number of benzene rings is 1. The van der Waals surface area contributed by atoms with Crippen LogP contribution in [0.5, 0.6) is 5.75 Å². The molecule has 0 amide bonds. The molecular formula is C18H20N4O. The lowest BCUT2D eigenvalue weighted by molar-refractivity contribution is 0.104. The van der Waals surface area contributed by atoms with Crippen molar-refractivity contribution in [3.8, 4) is 5.75 Å². The third-order valence-corrected chi connectivity index (χ3v) is 4.71. The summed E-state index contributed by atoms with van der Waals surface area (Å²) in [7, 11) is 2.14. The van der Waals surface area contributed by atoms with Gasteiger partial charge in [0.25, 0.3) is 0 Å². The van der Waals surface area contributed by atoms with Gasteiger partial charge in [0.15, 0.2) is 5.65 Å². The number of imidazole rings is 1. The van der Waals surface area contributed by atoms with Gasteiger partial charge in [0, 0.05) is 31.4 Å². The molecule has 0 unspecified atom stereocenters. The number of hydrogen-bond acceptors (Lipinski definition) is 4. The molecular weight excluding hydrogens is 288 g/mol. The van der Waals surface area contributed by atoms with Crippen molar-refractivity contribution in [2.24, 2.45) is 0 Å². The van der Waals surface area contributed by atoms with Crippen LogP contribution in [0.1, 0.15) is 18.2 Å². The zero-order valence-electron chi connectivity index (χ0n) is 13.4. The standard InChI is InChI=1S/C18H20N4O/c1-13(17-9-14-5-3-4-6-16(14)23-17)21(2)12-15-10-20-18-11-19-7-8-22(15)18/h3-8,10-11,13,17H,9,12H2,1-2H3/t13-,17+/m0/s1. The highest BCUT2D eigenvalue weighted by Gasteiger charge is 2.29. The summed E-state index contributed by atoms with van der Waals surface area (Å²) in [5.74, 6) is 1.03. The SMILES string of the molecule is C[C@@H]([C@H]1Cc2ccccc2O1)N(C)Cc1cnc2cnccn12. The van der Waals surface area contributed by atoms with Crippen LogP contribution < -0.4 is 4.74 Å². The fraction of sp³-hybridized carbons (Fsp3) is 0.333. The summed E-state index contributed by atoms with van der Waals surface area (Å²) in [6, 6.07) is 8.63. The van der Waals surface area contributed by atoms with Crippen molar-refractivity contribution in [3.63, 3.8) is 0 Å². The quantitative estimate of drug-likeness (QED) is 0.743. The van der Waals surface area contributed by atoms with E-state index in [1.54, 1.807) is 12.4 Å². The van der Waals surface area contributed by atoms with Gasteiger partial charge in [0.1, 0.15) is 11.9 Å². The van der Waals surface area contributed by atoms with Crippen molar-refractivity contribution >= 4 is 5.65 Å². The van der Waals surface area contributed by atoms with Crippen molar-refractivity contribution < 1.29 is 4.74 Å². The maximum atomic E-state index is 6.12. The lowest BCUT2D eigenvalue weighted by Gasteiger charge is -2.28. The summed E-state index contributed by atoms with van der Waals surface area (Å²) in [6.45, 7) is 3.05. The highest BCUT2D eigenvalue weighted by atomic mass is 16.5. The Hall–Kier alpha value is -2.40. The van der Waals surface area contributed by atoms with E-state index in [2.05, 4.69) is 51.4 Å². The van der Waals surface area contributed by atoms with E-state index < -0.39 is 0 Å². The molecule has 5 heteroatoms. The Balaban J connectivity index is 1.48. The number of rotatable bonds is 4. The molecule has 4 rings (SSSR count). The van der Waals surface area contributed by atoms with E-state index in [1.165, 1.54) is 5.56 Å². The topological polar surface area (TPSA) is 42.7 Å². The zero-order valence-corrected chi connectivity index (χ0v) is 13.4. The monoisotopic (exact) mass is 308 g/mol. The van der Waals surface area contributed by atoms with E-state index in [0.717, 1.165) is 30.1 Å². The molecule has 1 aliphatic heterocycles. The summed E-state index contributed by atoms with van der Waals surface area (Å²) in [5, 5.41) is 0. The molecule has 0 saturated carbocycles. The minimum atomic E-state index is 0.193. The second-order valence-electron chi connectivity index (χ2n) is 6.18. The average Bonchev–Trinajstić information content (AvgIpc) is 3.18. The molecule has 1 aromatic carbocycles. The van der Waals surface area contributed by atoms with Crippen LogP contribution in [-0.4, -0.2) is 38.5 Å². The highest BCUT2D eigenvalue weighted by molar-refractivity contribution is 5.38. The van der Waals surface area contributed by atoms with Gasteiger partial charge in [-0.3, -0.25) is 14.3 Å². The van der Waals surface area contributed by atoms with E-state index in [1.807, 2.05) is 18.5 Å². The van der Waals surface area contributed by atoms with Crippen molar-refractivity contribution in [1.82, 2.24) is 19.3 Å². The average molecular weight is 308 g/mol. The molecule has 23 heavy (non-hydrogen) atoms. The van der Waals surface area contributed by atoms with Gasteiger partial charge in [0.2, 0.25) is 0 Å². The van der Waals surface area contributed by atoms with Gasteiger partial charge < -0.3 is 4.74 Å². The molecule has 0 aliphatic carbocycles. The van der Waals surface area contributed by atoms with Crippen molar-refractivity contribution in [2.75, 3.05) is 7.05 Å². The van der Waals surface area contributed by atoms with Crippen LogP contribution in [0.3, 0.4) is 0 Å². The largest absolute Gasteiger partial charge is 0.488 e. The summed E-state index contributed by atoms with van der Waals surface area (Å²) >= 11 is 0. The molecule has 5 nitrogen and oxygen atoms in total. The first kappa shape index (κ1) is 14.2. The van der Waals surface area contributed by atoms with E-state index in [0.29, 0.717) is 6.04 Å². The molecule has 1 aliphatic rings. The maximum Gasteiger partial charge on any atom is 0.155 e. The summed E-state index contributed by atoms with van der Waals surface area (Å²) in [4.78, 5) is 10.8. The lowest BCUT2D eigenvalue weighted by Crippen LogP contribution is -2.41. The second-order valence-corrected chi connectivity index (χ2v) is 6.18. The Kier molecular flexibility index (Phi) is 3.50. The molecule has 0 N–H and O–H groups in total. The van der Waals surface area contributed by atoms with Gasteiger partial charge in [-0.15, -0.1) is 0 Å². The summed E-state index contributed by atoms with van der Waals surface area (Å²) < 4.78 is 8.21. The molecule has 3 heterocycles. The van der Waals surface area contributed by atoms with Crippen LogP contribution in [0.4, 0.5) is 0 Å². The Morgan fingerprint density at radius 1 is 1.35 bits per heavy atom. The Bertz CT molecular complexity index is 804. The van der Waals surface area contributed by atoms with Gasteiger partial charge in [0.05, 0.1) is 18.1 Å².